The second-order valence-corrected chi connectivity index (χ2v) is 17.3. The SMILES string of the molecule is Cc1cc(C(=O)CCCCN(C)C)ccc1-c1ccc(C[C@H](CC(=O)C2CCC(CNC(=O)OC(C)(C)C)CC2)C(=O)Nc2ccc(C3=NCN=N3)cc2)cc1.O=C(O)C(F)(F)F. The number of benzene rings is 3. The van der Waals surface area contributed by atoms with E-state index in [4.69, 9.17) is 14.6 Å². The summed E-state index contributed by atoms with van der Waals surface area (Å²) in [6.07, 6.45) is 0.550. The van der Waals surface area contributed by atoms with Gasteiger partial charge in [-0.25, -0.2) is 14.6 Å². The van der Waals surface area contributed by atoms with E-state index in [2.05, 4.69) is 30.8 Å². The molecule has 0 unspecified atom stereocenters. The molecule has 2 aliphatic rings. The third-order valence-electron chi connectivity index (χ3n) is 10.7. The highest BCUT2D eigenvalue weighted by atomic mass is 19.4. The predicted octanol–water partition coefficient (Wildman–Crippen LogP) is 9.47. The van der Waals surface area contributed by atoms with E-state index in [0.717, 1.165) is 78.5 Å². The number of carbonyl (C=O) groups is 5. The first kappa shape index (κ1) is 49.9. The number of aryl methyl sites for hydroxylation is 1. The number of amides is 2. The van der Waals surface area contributed by atoms with Gasteiger partial charge in [-0.05, 0) is 152 Å². The Kier molecular flexibility index (Phi) is 18.3. The van der Waals surface area contributed by atoms with Crippen LogP contribution in [-0.2, 0) is 25.5 Å². The highest BCUT2D eigenvalue weighted by Gasteiger charge is 2.38. The van der Waals surface area contributed by atoms with Gasteiger partial charge in [0.15, 0.2) is 18.3 Å². The van der Waals surface area contributed by atoms with E-state index in [1.54, 1.807) is 0 Å². The number of carbonyl (C=O) groups excluding carboxylic acids is 4. The largest absolute Gasteiger partial charge is 0.490 e. The molecule has 0 aromatic heterocycles. The number of hydrogen-bond acceptors (Lipinski definition) is 10. The van der Waals surface area contributed by atoms with Crippen LogP contribution in [0.5, 0.6) is 0 Å². The van der Waals surface area contributed by atoms with E-state index in [1.807, 2.05) is 109 Å². The summed E-state index contributed by atoms with van der Waals surface area (Å²) in [4.78, 5) is 68.0. The number of unbranched alkanes of at least 4 members (excludes halogenated alkanes) is 1. The molecule has 1 atom stereocenters. The number of aliphatic imine (C=N–C) groups is 1. The number of alkyl carbamates (subject to hydrolysis) is 1. The van der Waals surface area contributed by atoms with Crippen molar-refractivity contribution in [3.8, 4) is 11.1 Å². The van der Waals surface area contributed by atoms with Crippen molar-refractivity contribution < 1.29 is 47.0 Å². The van der Waals surface area contributed by atoms with Gasteiger partial charge in [0.25, 0.3) is 0 Å². The number of rotatable bonds is 17. The number of carboxylic acids is 1. The number of alkyl halides is 3. The molecule has 2 amide bonds. The van der Waals surface area contributed by atoms with Crippen LogP contribution in [0, 0.1) is 24.7 Å². The van der Waals surface area contributed by atoms with Crippen LogP contribution in [0.25, 0.3) is 11.1 Å². The van der Waals surface area contributed by atoms with Crippen molar-refractivity contribution in [1.82, 2.24) is 10.2 Å². The maximum absolute atomic E-state index is 13.9. The van der Waals surface area contributed by atoms with Gasteiger partial charge in [0, 0.05) is 48.0 Å². The fourth-order valence-electron chi connectivity index (χ4n) is 7.35. The van der Waals surface area contributed by atoms with Crippen molar-refractivity contribution in [2.45, 2.75) is 97.3 Å². The van der Waals surface area contributed by atoms with Crippen molar-refractivity contribution in [2.75, 3.05) is 39.2 Å². The number of azo groups is 1. The third-order valence-corrected chi connectivity index (χ3v) is 10.7. The zero-order chi connectivity index (χ0) is 46.3. The highest BCUT2D eigenvalue weighted by molar-refractivity contribution is 6.01. The molecular formula is C47H59F3N6O7. The first-order chi connectivity index (χ1) is 29.7. The Bertz CT molecular complexity index is 2100. The van der Waals surface area contributed by atoms with Crippen LogP contribution in [0.2, 0.25) is 0 Å². The van der Waals surface area contributed by atoms with Crippen LogP contribution in [0.15, 0.2) is 82.0 Å². The molecule has 1 heterocycles. The summed E-state index contributed by atoms with van der Waals surface area (Å²) in [5.74, 6) is -2.55. The molecule has 1 aliphatic heterocycles. The highest BCUT2D eigenvalue weighted by Crippen LogP contribution is 2.32. The Balaban J connectivity index is 0.00000115. The zero-order valence-corrected chi connectivity index (χ0v) is 36.9. The van der Waals surface area contributed by atoms with E-state index in [-0.39, 0.29) is 35.7 Å². The first-order valence-electron chi connectivity index (χ1n) is 21.2. The Labute approximate surface area is 367 Å². The normalized spacial score (nSPS) is 16.6. The molecule has 1 fully saturated rings. The van der Waals surface area contributed by atoms with E-state index < -0.39 is 29.8 Å². The zero-order valence-electron chi connectivity index (χ0n) is 36.9. The summed E-state index contributed by atoms with van der Waals surface area (Å²) >= 11 is 0. The maximum atomic E-state index is 13.9. The average molecular weight is 877 g/mol. The molecular weight excluding hydrogens is 818 g/mol. The third kappa shape index (κ3) is 16.8. The molecule has 1 saturated carbocycles. The molecule has 16 heteroatoms. The number of Topliss-reactive ketones (excluding diaryl/α,β-unsaturated/α-hetero) is 2. The summed E-state index contributed by atoms with van der Waals surface area (Å²) < 4.78 is 37.1. The fraction of sp³-hybridized carbons (Fsp3) is 0.489. The van der Waals surface area contributed by atoms with Crippen LogP contribution in [0.4, 0.5) is 23.7 Å². The molecule has 63 heavy (non-hydrogen) atoms. The van der Waals surface area contributed by atoms with Crippen LogP contribution >= 0.6 is 0 Å². The topological polar surface area (TPSA) is 179 Å². The molecule has 340 valence electrons. The van der Waals surface area contributed by atoms with E-state index in [1.165, 1.54) is 0 Å². The van der Waals surface area contributed by atoms with E-state index in [0.29, 0.717) is 37.6 Å². The number of anilines is 1. The summed E-state index contributed by atoms with van der Waals surface area (Å²) in [6, 6.07) is 21.4. The van der Waals surface area contributed by atoms with Crippen LogP contribution < -0.4 is 10.6 Å². The van der Waals surface area contributed by atoms with Crippen molar-refractivity contribution in [3.05, 3.63) is 89.0 Å². The molecule has 1 aliphatic carbocycles. The van der Waals surface area contributed by atoms with Gasteiger partial charge in [0.1, 0.15) is 11.4 Å². The van der Waals surface area contributed by atoms with Crippen molar-refractivity contribution in [3.63, 3.8) is 0 Å². The standard InChI is InChI=1S/C45H58N6O5.C2HF3O2/c1-30-25-36(40(52)9-7-8-24-51(5)6)20-23-39(30)33-14-10-31(11-15-33)26-37(43(54)49-38-21-18-35(19-22-38)42-47-29-48-50-42)27-41(53)34-16-12-32(13-17-34)28-46-44(55)56-45(2,3)4;3-2(4,5)1(6)7/h10-11,14-15,18-23,25,32,34,37H,7-9,12-13,16-17,24,26-29H2,1-6H3,(H,46,55)(H,49,54);(H,6,7)/t32?,34?,37-;/m1./s1. The van der Waals surface area contributed by atoms with Gasteiger partial charge in [-0.2, -0.15) is 18.3 Å². The van der Waals surface area contributed by atoms with Gasteiger partial charge in [-0.3, -0.25) is 14.4 Å². The number of nitrogens with one attached hydrogen (secondary N) is 2. The van der Waals surface area contributed by atoms with Gasteiger partial charge in [0.05, 0.1) is 0 Å². The summed E-state index contributed by atoms with van der Waals surface area (Å²) in [7, 11) is 4.08. The van der Waals surface area contributed by atoms with Crippen molar-refractivity contribution in [2.24, 2.45) is 33.0 Å². The van der Waals surface area contributed by atoms with Crippen LogP contribution in [0.1, 0.15) is 99.2 Å². The molecule has 3 N–H and O–H groups in total. The second-order valence-electron chi connectivity index (χ2n) is 17.3. The molecule has 13 nitrogen and oxygen atoms in total. The van der Waals surface area contributed by atoms with E-state index >= 15 is 0 Å². The lowest BCUT2D eigenvalue weighted by Gasteiger charge is -2.29. The van der Waals surface area contributed by atoms with Gasteiger partial charge >= 0.3 is 18.2 Å². The molecule has 0 bridgehead atoms. The first-order valence-corrected chi connectivity index (χ1v) is 21.2. The number of nitrogens with zero attached hydrogens (tertiary/aromatic N) is 4. The van der Waals surface area contributed by atoms with Gasteiger partial charge < -0.3 is 25.4 Å². The summed E-state index contributed by atoms with van der Waals surface area (Å²) in [6.45, 7) is 9.35. The number of halogens is 3. The Morgan fingerprint density at radius 3 is 2.08 bits per heavy atom. The number of ether oxygens (including phenoxy) is 1. The minimum Gasteiger partial charge on any atom is -0.475 e. The fourth-order valence-corrected chi connectivity index (χ4v) is 7.35. The lowest BCUT2D eigenvalue weighted by Crippen LogP contribution is -2.37. The lowest BCUT2D eigenvalue weighted by atomic mass is 9.77. The predicted molar refractivity (Wildman–Crippen MR) is 235 cm³/mol. The molecule has 5 rings (SSSR count). The molecule has 3 aromatic rings. The van der Waals surface area contributed by atoms with Crippen molar-refractivity contribution in [1.29, 1.82) is 0 Å². The minimum atomic E-state index is -5.08. The van der Waals surface area contributed by atoms with Crippen LogP contribution in [0.3, 0.4) is 0 Å². The number of hydrogen-bond donors (Lipinski definition) is 3. The maximum Gasteiger partial charge on any atom is 0.490 e. The molecule has 0 spiro atoms. The van der Waals surface area contributed by atoms with Gasteiger partial charge in [-0.1, -0.05) is 36.4 Å². The van der Waals surface area contributed by atoms with Gasteiger partial charge in [-0.15, -0.1) is 5.11 Å². The van der Waals surface area contributed by atoms with Gasteiger partial charge in [0.2, 0.25) is 5.91 Å². The van der Waals surface area contributed by atoms with Crippen LogP contribution in [-0.4, -0.2) is 91.0 Å². The molecule has 0 radical (unpaired) electrons. The Morgan fingerprint density at radius 2 is 1.52 bits per heavy atom. The summed E-state index contributed by atoms with van der Waals surface area (Å²) in [5.41, 5.74) is 5.70. The summed E-state index contributed by atoms with van der Waals surface area (Å²) in [5, 5.41) is 21.0. The molecule has 3 aromatic carbocycles. The number of carboxylic acid groups (broad SMARTS) is 1. The Hall–Kier alpha value is -5.77. The second kappa shape index (κ2) is 23.1. The van der Waals surface area contributed by atoms with Crippen molar-refractivity contribution >= 4 is 41.1 Å². The monoisotopic (exact) mass is 876 g/mol. The number of amidine groups is 1. The minimum absolute atomic E-state index is 0.100. The lowest BCUT2D eigenvalue weighted by molar-refractivity contribution is -0.192. The number of ketones is 2. The molecule has 0 saturated heterocycles. The smallest absolute Gasteiger partial charge is 0.475 e. The number of aliphatic carboxylic acids is 1. The quantitative estimate of drug-likeness (QED) is 0.0886. The average Bonchev–Trinajstić information content (AvgIpc) is 3.77. The Morgan fingerprint density at radius 1 is 0.889 bits per heavy atom. The van der Waals surface area contributed by atoms with E-state index in [9.17, 15) is 32.3 Å².